The molecule has 0 fully saturated rings. The van der Waals surface area contributed by atoms with E-state index < -0.39 is 12.5 Å². The molecule has 31 heavy (non-hydrogen) atoms. The number of nitrogens with one attached hydrogen (secondary N) is 1. The molecule has 10 heteroatoms. The van der Waals surface area contributed by atoms with Crippen LogP contribution in [-0.4, -0.2) is 23.1 Å². The van der Waals surface area contributed by atoms with Gasteiger partial charge in [0.1, 0.15) is 0 Å². The summed E-state index contributed by atoms with van der Waals surface area (Å²) >= 11 is 0. The molecular weight excluding hydrogens is 421 g/mol. The first-order chi connectivity index (χ1) is 14.9. The maximum atomic E-state index is 13.4. The average Bonchev–Trinajstić information content (AvgIpc) is 3.19. The Bertz CT molecular complexity index is 1070. The van der Waals surface area contributed by atoms with Gasteiger partial charge in [0.25, 0.3) is 5.69 Å². The first-order valence-corrected chi connectivity index (χ1v) is 11.3. The minimum absolute atomic E-state index is 0.0386. The molecule has 1 N–H and O–H groups in total. The van der Waals surface area contributed by atoms with Crippen LogP contribution in [0.25, 0.3) is 11.5 Å². The van der Waals surface area contributed by atoms with Crippen LogP contribution in [0.15, 0.2) is 52.9 Å². The Morgan fingerprint density at radius 1 is 1.06 bits per heavy atom. The van der Waals surface area contributed by atoms with E-state index in [0.29, 0.717) is 12.1 Å². The van der Waals surface area contributed by atoms with E-state index in [4.69, 9.17) is 13.5 Å². The maximum absolute atomic E-state index is 13.4. The zero-order valence-electron chi connectivity index (χ0n) is 17.5. The third-order valence-corrected chi connectivity index (χ3v) is 6.38. The zero-order valence-corrected chi connectivity index (χ0v) is 18.4. The molecule has 0 aliphatic rings. The van der Waals surface area contributed by atoms with E-state index >= 15 is 0 Å². The molecule has 1 heterocycles. The number of oxazole rings is 1. The van der Waals surface area contributed by atoms with E-state index in [-0.39, 0.29) is 36.1 Å². The molecule has 0 saturated carbocycles. The minimum atomic E-state index is -3.74. The van der Waals surface area contributed by atoms with E-state index in [1.807, 2.05) is 31.2 Å². The summed E-state index contributed by atoms with van der Waals surface area (Å²) < 4.78 is 30.1. The van der Waals surface area contributed by atoms with Gasteiger partial charge in [-0.2, -0.15) is 4.98 Å². The summed E-state index contributed by atoms with van der Waals surface area (Å²) in [6.07, 6.45) is 0. The van der Waals surface area contributed by atoms with Crippen LogP contribution in [0.1, 0.15) is 25.0 Å². The summed E-state index contributed by atoms with van der Waals surface area (Å²) in [7, 11) is -3.74. The number of nitrogens with zero attached hydrogens (tertiary/aromatic N) is 2. The van der Waals surface area contributed by atoms with Gasteiger partial charge in [-0.15, -0.1) is 0 Å². The average molecular weight is 445 g/mol. The highest BCUT2D eigenvalue weighted by Gasteiger charge is 2.35. The van der Waals surface area contributed by atoms with Gasteiger partial charge < -0.3 is 18.8 Å². The minimum Gasteiger partial charge on any atom is -0.420 e. The number of aryl methyl sites for hydroxylation is 1. The van der Waals surface area contributed by atoms with Gasteiger partial charge in [-0.25, -0.2) is 0 Å². The molecule has 2 aromatic carbocycles. The number of benzene rings is 2. The molecule has 0 aliphatic carbocycles. The molecule has 0 aliphatic heterocycles. The molecule has 1 aromatic heterocycles. The van der Waals surface area contributed by atoms with Crippen LogP contribution in [0.2, 0.25) is 0 Å². The Balaban J connectivity index is 1.98. The monoisotopic (exact) mass is 445 g/mol. The summed E-state index contributed by atoms with van der Waals surface area (Å²) in [6.45, 7) is 6.15. The number of non-ortho nitro benzene ring substituents is 1. The van der Waals surface area contributed by atoms with Crippen molar-refractivity contribution in [1.82, 2.24) is 4.98 Å². The van der Waals surface area contributed by atoms with Crippen LogP contribution in [0.3, 0.4) is 0 Å². The van der Waals surface area contributed by atoms with Crippen LogP contribution < -0.4 is 10.8 Å². The molecule has 0 saturated heterocycles. The van der Waals surface area contributed by atoms with Crippen LogP contribution >= 0.6 is 7.60 Å². The lowest BCUT2D eigenvalue weighted by molar-refractivity contribution is -0.384. The second kappa shape index (κ2) is 9.87. The van der Waals surface area contributed by atoms with E-state index in [2.05, 4.69) is 10.3 Å². The lowest BCUT2D eigenvalue weighted by Crippen LogP contribution is -2.16. The summed E-state index contributed by atoms with van der Waals surface area (Å²) in [5.41, 5.74) is 2.61. The zero-order chi connectivity index (χ0) is 22.4. The fraction of sp³-hybridized carbons (Fsp3) is 0.286. The van der Waals surface area contributed by atoms with Crippen LogP contribution in [-0.2, 0) is 20.2 Å². The molecule has 9 nitrogen and oxygen atoms in total. The number of rotatable bonds is 10. The van der Waals surface area contributed by atoms with Gasteiger partial charge in [-0.05, 0) is 38.5 Å². The van der Waals surface area contributed by atoms with Crippen molar-refractivity contribution in [3.05, 3.63) is 69.8 Å². The topological polar surface area (TPSA) is 117 Å². The first kappa shape index (κ1) is 22.7. The summed E-state index contributed by atoms with van der Waals surface area (Å²) in [5.74, 6) is 0.315. The predicted molar refractivity (Wildman–Crippen MR) is 118 cm³/mol. The predicted octanol–water partition coefficient (Wildman–Crippen LogP) is 5.06. The van der Waals surface area contributed by atoms with Gasteiger partial charge in [0.2, 0.25) is 17.2 Å². The van der Waals surface area contributed by atoms with Crippen molar-refractivity contribution in [3.8, 4) is 11.5 Å². The lowest BCUT2D eigenvalue weighted by atomic mass is 10.1. The third kappa shape index (κ3) is 5.38. The Kier molecular flexibility index (Phi) is 7.22. The Morgan fingerprint density at radius 3 is 2.23 bits per heavy atom. The smallest absolute Gasteiger partial charge is 0.385 e. The quantitative estimate of drug-likeness (QED) is 0.261. The van der Waals surface area contributed by atoms with E-state index in [0.717, 1.165) is 11.1 Å². The van der Waals surface area contributed by atoms with Crippen molar-refractivity contribution in [2.45, 2.75) is 27.3 Å². The van der Waals surface area contributed by atoms with Crippen LogP contribution in [0.4, 0.5) is 11.6 Å². The van der Waals surface area contributed by atoms with E-state index in [1.54, 1.807) is 13.8 Å². The number of hydrogen-bond acceptors (Lipinski definition) is 8. The molecule has 0 atom stereocenters. The molecule has 0 radical (unpaired) electrons. The maximum Gasteiger partial charge on any atom is 0.385 e. The number of aromatic nitrogens is 1. The van der Waals surface area contributed by atoms with E-state index in [1.165, 1.54) is 24.3 Å². The first-order valence-electron chi connectivity index (χ1n) is 9.81. The number of nitro benzene ring substituents is 1. The number of anilines is 1. The Labute approximate surface area is 180 Å². The van der Waals surface area contributed by atoms with Crippen LogP contribution in [0.5, 0.6) is 0 Å². The molecule has 164 valence electrons. The molecular formula is C21H24N3O6P. The van der Waals surface area contributed by atoms with Crippen molar-refractivity contribution >= 4 is 24.6 Å². The van der Waals surface area contributed by atoms with Gasteiger partial charge in [-0.1, -0.05) is 29.8 Å². The molecule has 3 rings (SSSR count). The highest BCUT2D eigenvalue weighted by molar-refractivity contribution is 7.62. The van der Waals surface area contributed by atoms with Gasteiger partial charge in [0.15, 0.2) is 0 Å². The fourth-order valence-corrected chi connectivity index (χ4v) is 4.44. The molecule has 0 unspecified atom stereocenters. The van der Waals surface area contributed by atoms with Crippen molar-refractivity contribution in [2.75, 3.05) is 18.5 Å². The molecule has 0 amide bonds. The van der Waals surface area contributed by atoms with Crippen molar-refractivity contribution < 1.29 is 23.0 Å². The summed E-state index contributed by atoms with van der Waals surface area (Å²) in [5, 5.41) is 14.0. The third-order valence-electron chi connectivity index (χ3n) is 4.37. The van der Waals surface area contributed by atoms with Gasteiger partial charge in [-0.3, -0.25) is 14.7 Å². The highest BCUT2D eigenvalue weighted by Crippen LogP contribution is 2.49. The second-order valence-corrected chi connectivity index (χ2v) is 8.58. The fourth-order valence-electron chi connectivity index (χ4n) is 2.85. The van der Waals surface area contributed by atoms with Crippen molar-refractivity contribution in [1.29, 1.82) is 0 Å². The largest absolute Gasteiger partial charge is 0.420 e. The van der Waals surface area contributed by atoms with Crippen molar-refractivity contribution in [2.24, 2.45) is 0 Å². The summed E-state index contributed by atoms with van der Waals surface area (Å²) in [6, 6.07) is 13.7. The number of hydrogen-bond donors (Lipinski definition) is 1. The van der Waals surface area contributed by atoms with Crippen LogP contribution in [0, 0.1) is 17.0 Å². The van der Waals surface area contributed by atoms with E-state index in [9.17, 15) is 14.7 Å². The van der Waals surface area contributed by atoms with Gasteiger partial charge >= 0.3 is 7.60 Å². The second-order valence-electron chi connectivity index (χ2n) is 6.65. The molecule has 0 spiro atoms. The van der Waals surface area contributed by atoms with Gasteiger partial charge in [0.05, 0.1) is 18.1 Å². The normalized spacial score (nSPS) is 11.5. The molecule has 3 aromatic rings. The highest BCUT2D eigenvalue weighted by atomic mass is 31.2. The summed E-state index contributed by atoms with van der Waals surface area (Å²) in [4.78, 5) is 14.8. The molecule has 0 bridgehead atoms. The number of nitro groups is 1. The van der Waals surface area contributed by atoms with Gasteiger partial charge in [0, 0.05) is 24.2 Å². The Hall–Kier alpha value is -3.00. The SMILES string of the molecule is CCOP(=O)(OCC)c1nc(-c2ccc([N+](=O)[O-])cc2)oc1NCc1ccc(C)cc1. The Morgan fingerprint density at radius 2 is 1.68 bits per heavy atom. The van der Waals surface area contributed by atoms with Crippen molar-refractivity contribution in [3.63, 3.8) is 0 Å². The lowest BCUT2D eigenvalue weighted by Gasteiger charge is -2.15. The standard InChI is InChI=1S/C21H24N3O6P/c1-4-28-31(27,29-5-2)21-20(22-14-16-8-6-15(3)7-9-16)30-19(23-21)17-10-12-18(13-11-17)24(25)26/h6-13,22H,4-5,14H2,1-3H3.